The molecule has 1 fully saturated rings. The molecule has 1 aliphatic rings. The molecule has 0 spiro atoms. The van der Waals surface area contributed by atoms with Crippen LogP contribution in [0.15, 0.2) is 24.3 Å². The third-order valence-electron chi connectivity index (χ3n) is 2.43. The summed E-state index contributed by atoms with van der Waals surface area (Å²) in [5.41, 5.74) is 1.21. The van der Waals surface area contributed by atoms with Crippen molar-refractivity contribution < 1.29 is 18.6 Å². The van der Waals surface area contributed by atoms with Gasteiger partial charge in [0.2, 0.25) is 0 Å². The van der Waals surface area contributed by atoms with Crippen LogP contribution in [-0.4, -0.2) is 19.1 Å². The van der Waals surface area contributed by atoms with Gasteiger partial charge in [0.25, 0.3) is 0 Å². The molecule has 0 saturated carbocycles. The molecule has 2 rings (SSSR count). The summed E-state index contributed by atoms with van der Waals surface area (Å²) in [6, 6.07) is 11.7. The van der Waals surface area contributed by atoms with Gasteiger partial charge in [0.05, 0.1) is 0 Å². The van der Waals surface area contributed by atoms with E-state index in [2.05, 4.69) is 35.8 Å². The summed E-state index contributed by atoms with van der Waals surface area (Å²) in [6.45, 7) is 7.77. The standard InChI is InChI=1S/C11H15N2.C3H7.V/c1-2-4-10(5-3-1)13-11-6-8-12-9-7-11;1-3-2;/h2-5,11-13H,6-9H2;1,3H2,2H3;/q2*-1;+2. The monoisotopic (exact) mass is 269 g/mol. The molecule has 0 amide bonds. The van der Waals surface area contributed by atoms with Gasteiger partial charge in [-0.25, -0.2) is 0 Å². The Morgan fingerprint density at radius 3 is 2.41 bits per heavy atom. The van der Waals surface area contributed by atoms with E-state index in [9.17, 15) is 0 Å². The Morgan fingerprint density at radius 2 is 1.88 bits per heavy atom. The zero-order valence-corrected chi connectivity index (χ0v) is 12.0. The first-order valence-electron chi connectivity index (χ1n) is 6.09. The molecule has 2 N–H and O–H groups in total. The van der Waals surface area contributed by atoms with Gasteiger partial charge in [-0.2, -0.15) is 24.6 Å². The molecular formula is C14H22N2V. The molecule has 3 heteroatoms. The first-order valence-corrected chi connectivity index (χ1v) is 6.09. The van der Waals surface area contributed by atoms with Crippen LogP contribution in [-0.2, 0) is 18.6 Å². The van der Waals surface area contributed by atoms with Gasteiger partial charge in [-0.3, -0.25) is 0 Å². The van der Waals surface area contributed by atoms with Crippen molar-refractivity contribution in [3.8, 4) is 0 Å². The maximum atomic E-state index is 3.52. The summed E-state index contributed by atoms with van der Waals surface area (Å²) in [4.78, 5) is 0. The maximum Gasteiger partial charge on any atom is 2.00 e. The predicted molar refractivity (Wildman–Crippen MR) is 70.4 cm³/mol. The summed E-state index contributed by atoms with van der Waals surface area (Å²) in [5, 5.41) is 6.88. The fourth-order valence-corrected chi connectivity index (χ4v) is 1.69. The molecule has 1 aromatic carbocycles. The minimum atomic E-state index is 0. The summed E-state index contributed by atoms with van der Waals surface area (Å²) < 4.78 is 0. The van der Waals surface area contributed by atoms with Crippen LogP contribution in [0.3, 0.4) is 0 Å². The van der Waals surface area contributed by atoms with E-state index in [-0.39, 0.29) is 18.6 Å². The third-order valence-corrected chi connectivity index (χ3v) is 2.43. The van der Waals surface area contributed by atoms with Crippen molar-refractivity contribution in [3.05, 3.63) is 37.3 Å². The molecule has 1 aromatic rings. The molecule has 0 unspecified atom stereocenters. The maximum absolute atomic E-state index is 3.52. The molecule has 1 radical (unpaired) electrons. The molecule has 0 bridgehead atoms. The van der Waals surface area contributed by atoms with Crippen LogP contribution in [0.2, 0.25) is 0 Å². The Labute approximate surface area is 117 Å². The minimum Gasteiger partial charge on any atom is -0.403 e. The number of rotatable bonds is 2. The number of benzene rings is 1. The number of hydrogen-bond donors (Lipinski definition) is 2. The molecule has 2 nitrogen and oxygen atoms in total. The molecular weight excluding hydrogens is 247 g/mol. The Balaban J connectivity index is 0.000000583. The predicted octanol–water partition coefficient (Wildman–Crippen LogP) is 2.88. The summed E-state index contributed by atoms with van der Waals surface area (Å²) in [6.07, 6.45) is 3.44. The van der Waals surface area contributed by atoms with Gasteiger partial charge in [-0.15, -0.1) is 12.1 Å². The van der Waals surface area contributed by atoms with Gasteiger partial charge in [0, 0.05) is 6.04 Å². The number of hydrogen-bond acceptors (Lipinski definition) is 2. The summed E-state index contributed by atoms with van der Waals surface area (Å²) in [7, 11) is 0. The van der Waals surface area contributed by atoms with Crippen molar-refractivity contribution in [2.45, 2.75) is 32.2 Å². The van der Waals surface area contributed by atoms with Crippen LogP contribution in [0.4, 0.5) is 5.69 Å². The van der Waals surface area contributed by atoms with Gasteiger partial charge in [0.1, 0.15) is 0 Å². The van der Waals surface area contributed by atoms with Crippen LogP contribution >= 0.6 is 0 Å². The average molecular weight is 269 g/mol. The van der Waals surface area contributed by atoms with Crippen molar-refractivity contribution in [3.63, 3.8) is 0 Å². The Morgan fingerprint density at radius 1 is 1.35 bits per heavy atom. The quantitative estimate of drug-likeness (QED) is 0.807. The second-order valence-electron chi connectivity index (χ2n) is 3.96. The van der Waals surface area contributed by atoms with E-state index >= 15 is 0 Å². The number of anilines is 1. The molecule has 93 valence electrons. The van der Waals surface area contributed by atoms with Gasteiger partial charge in [0.15, 0.2) is 0 Å². The van der Waals surface area contributed by atoms with Crippen molar-refractivity contribution in [1.82, 2.24) is 5.32 Å². The normalized spacial score (nSPS) is 15.2. The van der Waals surface area contributed by atoms with Crippen LogP contribution < -0.4 is 10.6 Å². The fourth-order valence-electron chi connectivity index (χ4n) is 1.69. The first kappa shape index (κ1) is 16.6. The zero-order chi connectivity index (χ0) is 11.6. The Hall–Kier alpha value is -0.436. The zero-order valence-electron chi connectivity index (χ0n) is 10.6. The van der Waals surface area contributed by atoms with Crippen molar-refractivity contribution in [2.24, 2.45) is 0 Å². The van der Waals surface area contributed by atoms with E-state index in [1.165, 1.54) is 18.5 Å². The van der Waals surface area contributed by atoms with E-state index < -0.39 is 0 Å². The van der Waals surface area contributed by atoms with Gasteiger partial charge >= 0.3 is 18.6 Å². The minimum absolute atomic E-state index is 0. The van der Waals surface area contributed by atoms with E-state index in [1.54, 1.807) is 0 Å². The number of piperidine rings is 1. The Bertz CT molecular complexity index is 258. The van der Waals surface area contributed by atoms with Gasteiger partial charge in [-0.1, -0.05) is 12.6 Å². The van der Waals surface area contributed by atoms with E-state index in [4.69, 9.17) is 0 Å². The Kier molecular flexibility index (Phi) is 10.4. The second-order valence-corrected chi connectivity index (χ2v) is 3.96. The molecule has 1 saturated heterocycles. The van der Waals surface area contributed by atoms with Crippen molar-refractivity contribution >= 4 is 5.69 Å². The molecule has 17 heavy (non-hydrogen) atoms. The SMILES string of the molecule is [CH2-]CC.[V+2].[c-]1ccc(NC2CCNCC2)cc1. The molecule has 0 aliphatic carbocycles. The molecule has 1 heterocycles. The fraction of sp³-hybridized carbons (Fsp3) is 0.500. The molecule has 1 aliphatic heterocycles. The average Bonchev–Trinajstić information content (AvgIpc) is 2.33. The number of nitrogens with one attached hydrogen (secondary N) is 2. The summed E-state index contributed by atoms with van der Waals surface area (Å²) >= 11 is 0. The first-order chi connectivity index (χ1) is 7.86. The van der Waals surface area contributed by atoms with E-state index in [0.717, 1.165) is 19.5 Å². The summed E-state index contributed by atoms with van der Waals surface area (Å²) in [5.74, 6) is 0. The van der Waals surface area contributed by atoms with Crippen molar-refractivity contribution in [2.75, 3.05) is 18.4 Å². The van der Waals surface area contributed by atoms with E-state index in [0.29, 0.717) is 6.04 Å². The van der Waals surface area contributed by atoms with Crippen molar-refractivity contribution in [1.29, 1.82) is 0 Å². The van der Waals surface area contributed by atoms with Crippen LogP contribution in [0.5, 0.6) is 0 Å². The van der Waals surface area contributed by atoms with Crippen LogP contribution in [0.25, 0.3) is 0 Å². The topological polar surface area (TPSA) is 24.1 Å². The molecule has 0 atom stereocenters. The smallest absolute Gasteiger partial charge is 0.403 e. The molecule has 0 aromatic heterocycles. The van der Waals surface area contributed by atoms with Gasteiger partial charge < -0.3 is 17.6 Å². The van der Waals surface area contributed by atoms with E-state index in [1.807, 2.05) is 19.1 Å². The van der Waals surface area contributed by atoms with Crippen LogP contribution in [0.1, 0.15) is 26.2 Å². The van der Waals surface area contributed by atoms with Crippen LogP contribution in [0, 0.1) is 13.0 Å². The van der Waals surface area contributed by atoms with Gasteiger partial charge in [-0.05, 0) is 25.9 Å². The second kappa shape index (κ2) is 10.7. The largest absolute Gasteiger partial charge is 2.00 e. The third kappa shape index (κ3) is 7.48.